The van der Waals surface area contributed by atoms with E-state index in [9.17, 15) is 9.18 Å². The first-order valence-corrected chi connectivity index (χ1v) is 9.17. The maximum Gasteiger partial charge on any atom is 0.251 e. The molecule has 0 bridgehead atoms. The van der Waals surface area contributed by atoms with Gasteiger partial charge in [0.25, 0.3) is 5.91 Å². The number of rotatable bonds is 7. The van der Waals surface area contributed by atoms with Gasteiger partial charge in [-0.25, -0.2) is 4.39 Å². The molecule has 152 valence electrons. The van der Waals surface area contributed by atoms with E-state index in [1.165, 1.54) is 16.6 Å². The normalized spacial score (nSPS) is 10.7. The number of nitrogens with zero attached hydrogens (tertiary/aromatic N) is 4. The number of ether oxygens (including phenoxy) is 2. The lowest BCUT2D eigenvalue weighted by atomic mass is 10.2. The SMILES string of the molecule is COc1cccc(C(=O)NCCOc2ccc3nnc(-c4cccc(F)c4)n3n2)c1. The number of carbonyl (C=O) groups excluding carboxylic acids is 1. The highest BCUT2D eigenvalue weighted by Gasteiger charge is 2.11. The van der Waals surface area contributed by atoms with Crippen LogP contribution in [0.5, 0.6) is 11.6 Å². The van der Waals surface area contributed by atoms with Gasteiger partial charge in [0.15, 0.2) is 11.5 Å². The number of amides is 1. The van der Waals surface area contributed by atoms with Crippen molar-refractivity contribution in [3.63, 3.8) is 0 Å². The van der Waals surface area contributed by atoms with Crippen molar-refractivity contribution in [1.29, 1.82) is 0 Å². The van der Waals surface area contributed by atoms with E-state index >= 15 is 0 Å². The quantitative estimate of drug-likeness (QED) is 0.474. The van der Waals surface area contributed by atoms with Crippen molar-refractivity contribution >= 4 is 11.6 Å². The molecular weight excluding hydrogens is 389 g/mol. The van der Waals surface area contributed by atoms with Crippen LogP contribution in [-0.2, 0) is 0 Å². The number of halogens is 1. The zero-order chi connectivity index (χ0) is 20.9. The summed E-state index contributed by atoms with van der Waals surface area (Å²) in [6.45, 7) is 0.500. The molecule has 0 fully saturated rings. The monoisotopic (exact) mass is 407 g/mol. The molecule has 0 saturated heterocycles. The molecule has 0 aliphatic rings. The molecule has 0 aliphatic heterocycles. The molecule has 0 spiro atoms. The van der Waals surface area contributed by atoms with Crippen LogP contribution in [0.3, 0.4) is 0 Å². The average Bonchev–Trinajstić information content (AvgIpc) is 3.20. The van der Waals surface area contributed by atoms with Gasteiger partial charge in [0.1, 0.15) is 18.2 Å². The molecule has 1 amide bonds. The van der Waals surface area contributed by atoms with E-state index in [0.29, 0.717) is 34.2 Å². The minimum absolute atomic E-state index is 0.214. The average molecular weight is 407 g/mol. The van der Waals surface area contributed by atoms with E-state index in [4.69, 9.17) is 9.47 Å². The number of hydrogen-bond donors (Lipinski definition) is 1. The first kappa shape index (κ1) is 19.3. The molecule has 30 heavy (non-hydrogen) atoms. The van der Waals surface area contributed by atoms with Gasteiger partial charge in [0.2, 0.25) is 5.88 Å². The summed E-state index contributed by atoms with van der Waals surface area (Å²) in [5.41, 5.74) is 1.56. The fourth-order valence-corrected chi connectivity index (χ4v) is 2.84. The maximum absolute atomic E-state index is 13.5. The van der Waals surface area contributed by atoms with Gasteiger partial charge in [-0.05, 0) is 36.4 Å². The third-order valence-electron chi connectivity index (χ3n) is 4.29. The Hall–Kier alpha value is -4.01. The highest BCUT2D eigenvalue weighted by Crippen LogP contribution is 2.19. The maximum atomic E-state index is 13.5. The molecular formula is C21H18FN5O3. The van der Waals surface area contributed by atoms with Crippen LogP contribution in [0.1, 0.15) is 10.4 Å². The van der Waals surface area contributed by atoms with Crippen molar-refractivity contribution in [3.05, 3.63) is 72.0 Å². The number of fused-ring (bicyclic) bond motifs is 1. The molecule has 0 saturated carbocycles. The smallest absolute Gasteiger partial charge is 0.251 e. The van der Waals surface area contributed by atoms with Crippen LogP contribution in [0.25, 0.3) is 17.0 Å². The number of carbonyl (C=O) groups is 1. The summed E-state index contributed by atoms with van der Waals surface area (Å²) in [5.74, 6) is 0.743. The van der Waals surface area contributed by atoms with Crippen molar-refractivity contribution < 1.29 is 18.7 Å². The molecule has 0 radical (unpaired) electrons. The molecule has 4 aromatic rings. The summed E-state index contributed by atoms with van der Waals surface area (Å²) < 4.78 is 25.8. The zero-order valence-electron chi connectivity index (χ0n) is 16.1. The first-order chi connectivity index (χ1) is 14.6. The third-order valence-corrected chi connectivity index (χ3v) is 4.29. The Morgan fingerprint density at radius 2 is 1.97 bits per heavy atom. The zero-order valence-corrected chi connectivity index (χ0v) is 16.1. The lowest BCUT2D eigenvalue weighted by molar-refractivity contribution is 0.0946. The van der Waals surface area contributed by atoms with Crippen LogP contribution in [0, 0.1) is 5.82 Å². The fourth-order valence-electron chi connectivity index (χ4n) is 2.84. The molecule has 1 N–H and O–H groups in total. The topological polar surface area (TPSA) is 90.6 Å². The number of aromatic nitrogens is 4. The third kappa shape index (κ3) is 4.19. The van der Waals surface area contributed by atoms with Gasteiger partial charge in [-0.15, -0.1) is 15.3 Å². The van der Waals surface area contributed by atoms with Crippen LogP contribution in [0.15, 0.2) is 60.7 Å². The summed E-state index contributed by atoms with van der Waals surface area (Å²) in [5, 5.41) is 15.2. The van der Waals surface area contributed by atoms with E-state index in [1.807, 2.05) is 0 Å². The Kier molecular flexibility index (Phi) is 5.51. The Labute approximate surface area is 171 Å². The van der Waals surface area contributed by atoms with Gasteiger partial charge < -0.3 is 14.8 Å². The molecule has 2 aromatic heterocycles. The molecule has 4 rings (SSSR count). The van der Waals surface area contributed by atoms with E-state index in [2.05, 4.69) is 20.6 Å². The summed E-state index contributed by atoms with van der Waals surface area (Å²) in [7, 11) is 1.55. The van der Waals surface area contributed by atoms with Gasteiger partial charge in [-0.3, -0.25) is 4.79 Å². The van der Waals surface area contributed by atoms with Gasteiger partial charge in [0, 0.05) is 17.2 Å². The predicted molar refractivity (Wildman–Crippen MR) is 107 cm³/mol. The predicted octanol–water partition coefficient (Wildman–Crippen LogP) is 2.75. The highest BCUT2D eigenvalue weighted by molar-refractivity contribution is 5.94. The summed E-state index contributed by atoms with van der Waals surface area (Å²) in [4.78, 5) is 12.2. The Morgan fingerprint density at radius 1 is 1.10 bits per heavy atom. The Morgan fingerprint density at radius 3 is 2.80 bits per heavy atom. The van der Waals surface area contributed by atoms with E-state index in [1.54, 1.807) is 55.6 Å². The van der Waals surface area contributed by atoms with Crippen LogP contribution < -0.4 is 14.8 Å². The van der Waals surface area contributed by atoms with Crippen LogP contribution >= 0.6 is 0 Å². The van der Waals surface area contributed by atoms with Crippen molar-refractivity contribution in [2.45, 2.75) is 0 Å². The molecule has 0 aliphatic carbocycles. The second kappa shape index (κ2) is 8.56. The van der Waals surface area contributed by atoms with Crippen molar-refractivity contribution in [2.24, 2.45) is 0 Å². The molecule has 8 nitrogen and oxygen atoms in total. The molecule has 9 heteroatoms. The number of nitrogens with one attached hydrogen (secondary N) is 1. The van der Waals surface area contributed by atoms with Gasteiger partial charge in [0.05, 0.1) is 13.7 Å². The Balaban J connectivity index is 1.39. The molecule has 0 atom stereocenters. The molecule has 2 heterocycles. The van der Waals surface area contributed by atoms with Gasteiger partial charge >= 0.3 is 0 Å². The Bertz CT molecular complexity index is 1190. The standard InChI is InChI=1S/C21H18FN5O3/c1-29-17-7-3-5-15(13-17)21(28)23-10-11-30-19-9-8-18-24-25-20(27(18)26-19)14-4-2-6-16(22)12-14/h2-9,12-13H,10-11H2,1H3,(H,23,28). The van der Waals surface area contributed by atoms with E-state index in [-0.39, 0.29) is 24.9 Å². The van der Waals surface area contributed by atoms with Crippen molar-refractivity contribution in [2.75, 3.05) is 20.3 Å². The molecule has 2 aromatic carbocycles. The second-order valence-corrected chi connectivity index (χ2v) is 6.31. The summed E-state index contributed by atoms with van der Waals surface area (Å²) in [6, 6.07) is 16.3. The van der Waals surface area contributed by atoms with Gasteiger partial charge in [-0.1, -0.05) is 18.2 Å². The minimum atomic E-state index is -0.372. The minimum Gasteiger partial charge on any atom is -0.497 e. The second-order valence-electron chi connectivity index (χ2n) is 6.31. The van der Waals surface area contributed by atoms with Gasteiger partial charge in [-0.2, -0.15) is 4.52 Å². The highest BCUT2D eigenvalue weighted by atomic mass is 19.1. The van der Waals surface area contributed by atoms with Crippen molar-refractivity contribution in [3.8, 4) is 23.0 Å². The van der Waals surface area contributed by atoms with Crippen molar-refractivity contribution in [1.82, 2.24) is 25.1 Å². The van der Waals surface area contributed by atoms with Crippen LogP contribution in [-0.4, -0.2) is 46.0 Å². The number of methoxy groups -OCH3 is 1. The fraction of sp³-hybridized carbons (Fsp3) is 0.143. The largest absolute Gasteiger partial charge is 0.497 e. The van der Waals surface area contributed by atoms with Crippen LogP contribution in [0.2, 0.25) is 0 Å². The lowest BCUT2D eigenvalue weighted by Crippen LogP contribution is -2.28. The molecule has 0 unspecified atom stereocenters. The van der Waals surface area contributed by atoms with E-state index in [0.717, 1.165) is 0 Å². The van der Waals surface area contributed by atoms with E-state index < -0.39 is 0 Å². The first-order valence-electron chi connectivity index (χ1n) is 9.17. The van der Waals surface area contributed by atoms with Crippen LogP contribution in [0.4, 0.5) is 4.39 Å². The number of hydrogen-bond acceptors (Lipinski definition) is 6. The number of benzene rings is 2. The lowest BCUT2D eigenvalue weighted by Gasteiger charge is -2.08. The summed E-state index contributed by atoms with van der Waals surface area (Å²) in [6.07, 6.45) is 0. The summed E-state index contributed by atoms with van der Waals surface area (Å²) >= 11 is 0.